The van der Waals surface area contributed by atoms with Crippen LogP contribution >= 0.6 is 11.3 Å². The summed E-state index contributed by atoms with van der Waals surface area (Å²) in [5.41, 5.74) is 3.27. The van der Waals surface area contributed by atoms with Crippen molar-refractivity contribution in [1.29, 1.82) is 0 Å². The number of aryl methyl sites for hydroxylation is 1. The van der Waals surface area contributed by atoms with E-state index in [2.05, 4.69) is 15.4 Å². The minimum absolute atomic E-state index is 0.153. The lowest BCUT2D eigenvalue weighted by molar-refractivity contribution is -0.115. The van der Waals surface area contributed by atoms with E-state index < -0.39 is 0 Å². The largest absolute Gasteiger partial charge is 0.494 e. The molecule has 158 valence electrons. The second-order valence-electron chi connectivity index (χ2n) is 6.89. The van der Waals surface area contributed by atoms with Crippen molar-refractivity contribution in [3.05, 3.63) is 71.4 Å². The first-order chi connectivity index (χ1) is 15.0. The number of amides is 1. The Kier molecular flexibility index (Phi) is 6.08. The smallest absolute Gasteiger partial charge is 0.229 e. The first-order valence-electron chi connectivity index (χ1n) is 9.79. The van der Waals surface area contributed by atoms with Gasteiger partial charge in [-0.2, -0.15) is 5.10 Å². The lowest BCUT2D eigenvalue weighted by Crippen LogP contribution is -2.16. The van der Waals surface area contributed by atoms with Crippen LogP contribution in [0, 0.1) is 5.82 Å². The highest BCUT2D eigenvalue weighted by atomic mass is 32.1. The average Bonchev–Trinajstić information content (AvgIpc) is 3.38. The molecule has 0 fully saturated rings. The fourth-order valence-electron chi connectivity index (χ4n) is 3.08. The number of aromatic nitrogens is 3. The fraction of sp³-hybridized carbons (Fsp3) is 0.174. The van der Waals surface area contributed by atoms with E-state index in [1.165, 1.54) is 23.5 Å². The monoisotopic (exact) mass is 436 g/mol. The Labute approximate surface area is 183 Å². The van der Waals surface area contributed by atoms with Crippen LogP contribution in [-0.2, 0) is 18.3 Å². The molecule has 31 heavy (non-hydrogen) atoms. The molecule has 1 amide bonds. The second kappa shape index (κ2) is 9.09. The zero-order valence-corrected chi connectivity index (χ0v) is 17.9. The van der Waals surface area contributed by atoms with E-state index in [4.69, 9.17) is 4.74 Å². The normalized spacial score (nSPS) is 10.8. The molecule has 2 aromatic heterocycles. The molecule has 0 saturated carbocycles. The molecule has 0 spiro atoms. The predicted molar refractivity (Wildman–Crippen MR) is 120 cm³/mol. The van der Waals surface area contributed by atoms with E-state index in [1.807, 2.05) is 36.6 Å². The highest BCUT2D eigenvalue weighted by Gasteiger charge is 2.14. The van der Waals surface area contributed by atoms with Crippen LogP contribution in [0.15, 0.2) is 60.0 Å². The number of halogens is 1. The van der Waals surface area contributed by atoms with Gasteiger partial charge in [-0.1, -0.05) is 12.1 Å². The topological polar surface area (TPSA) is 69.0 Å². The molecule has 8 heteroatoms. The highest BCUT2D eigenvalue weighted by molar-refractivity contribution is 7.13. The Morgan fingerprint density at radius 2 is 1.87 bits per heavy atom. The van der Waals surface area contributed by atoms with Crippen LogP contribution in [0.4, 0.5) is 10.2 Å². The third-order valence-electron chi connectivity index (χ3n) is 4.61. The van der Waals surface area contributed by atoms with Crippen LogP contribution in [0.5, 0.6) is 5.75 Å². The fourth-order valence-corrected chi connectivity index (χ4v) is 3.86. The molecule has 2 aromatic carbocycles. The quantitative estimate of drug-likeness (QED) is 0.446. The summed E-state index contributed by atoms with van der Waals surface area (Å²) in [7, 11) is 1.76. The summed E-state index contributed by atoms with van der Waals surface area (Å²) in [5.74, 6) is 0.872. The van der Waals surface area contributed by atoms with Gasteiger partial charge in [-0.15, -0.1) is 11.3 Å². The van der Waals surface area contributed by atoms with Gasteiger partial charge in [0, 0.05) is 24.1 Å². The molecule has 6 nitrogen and oxygen atoms in total. The van der Waals surface area contributed by atoms with Crippen molar-refractivity contribution in [2.75, 3.05) is 11.9 Å². The third-order valence-corrected chi connectivity index (χ3v) is 5.47. The van der Waals surface area contributed by atoms with Crippen molar-refractivity contribution in [1.82, 2.24) is 14.8 Å². The van der Waals surface area contributed by atoms with Crippen LogP contribution < -0.4 is 10.1 Å². The molecule has 0 radical (unpaired) electrons. The van der Waals surface area contributed by atoms with E-state index in [0.717, 1.165) is 27.6 Å². The van der Waals surface area contributed by atoms with Gasteiger partial charge >= 0.3 is 0 Å². The van der Waals surface area contributed by atoms with Crippen LogP contribution in [0.3, 0.4) is 0 Å². The number of benzene rings is 2. The zero-order chi connectivity index (χ0) is 21.8. The van der Waals surface area contributed by atoms with E-state index in [9.17, 15) is 9.18 Å². The van der Waals surface area contributed by atoms with Gasteiger partial charge < -0.3 is 10.1 Å². The Balaban J connectivity index is 1.46. The molecule has 0 aliphatic heterocycles. The van der Waals surface area contributed by atoms with Gasteiger partial charge in [-0.3, -0.25) is 9.48 Å². The van der Waals surface area contributed by atoms with Crippen molar-refractivity contribution in [3.8, 4) is 27.7 Å². The van der Waals surface area contributed by atoms with Crippen LogP contribution in [0.25, 0.3) is 22.0 Å². The Hall–Kier alpha value is -3.52. The Morgan fingerprint density at radius 3 is 2.58 bits per heavy atom. The van der Waals surface area contributed by atoms with Crippen molar-refractivity contribution in [3.63, 3.8) is 0 Å². The SMILES string of the molecule is CCOc1ccc(-c2csc(-c3cc(NC(=O)Cc4ccc(F)cc4)n(C)n3)n2)cc1. The van der Waals surface area contributed by atoms with Gasteiger partial charge in [0.2, 0.25) is 5.91 Å². The van der Waals surface area contributed by atoms with E-state index >= 15 is 0 Å². The molecule has 0 aliphatic rings. The van der Waals surface area contributed by atoms with E-state index in [0.29, 0.717) is 18.1 Å². The highest BCUT2D eigenvalue weighted by Crippen LogP contribution is 2.30. The van der Waals surface area contributed by atoms with Gasteiger partial charge in [0.05, 0.1) is 18.7 Å². The lowest BCUT2D eigenvalue weighted by Gasteiger charge is -2.05. The number of thiazole rings is 1. The Morgan fingerprint density at radius 1 is 1.13 bits per heavy atom. The van der Waals surface area contributed by atoms with Crippen LogP contribution in [-0.4, -0.2) is 27.3 Å². The molecule has 1 N–H and O–H groups in total. The molecule has 0 unspecified atom stereocenters. The molecule has 0 atom stereocenters. The van der Waals surface area contributed by atoms with Gasteiger partial charge in [0.15, 0.2) is 0 Å². The molecule has 4 aromatic rings. The van der Waals surface area contributed by atoms with Crippen molar-refractivity contribution >= 4 is 23.1 Å². The summed E-state index contributed by atoms with van der Waals surface area (Å²) in [4.78, 5) is 17.0. The number of anilines is 1. The standard InChI is InChI=1S/C23H21FN4O2S/c1-3-30-18-10-6-16(7-11-18)20-14-31-23(25-20)19-13-21(28(2)27-19)26-22(29)12-15-4-8-17(24)9-5-15/h4-11,13-14H,3,12H2,1-2H3,(H,26,29). The zero-order valence-electron chi connectivity index (χ0n) is 17.1. The Bertz CT molecular complexity index is 1180. The van der Waals surface area contributed by atoms with Crippen molar-refractivity contribution in [2.24, 2.45) is 7.05 Å². The molecule has 4 rings (SSSR count). The summed E-state index contributed by atoms with van der Waals surface area (Å²) >= 11 is 1.49. The number of nitrogens with one attached hydrogen (secondary N) is 1. The second-order valence-corrected chi connectivity index (χ2v) is 7.74. The van der Waals surface area contributed by atoms with Crippen LogP contribution in [0.2, 0.25) is 0 Å². The van der Waals surface area contributed by atoms with Gasteiger partial charge in [-0.05, 0) is 48.9 Å². The number of hydrogen-bond acceptors (Lipinski definition) is 5. The van der Waals surface area contributed by atoms with Gasteiger partial charge in [-0.25, -0.2) is 9.37 Å². The predicted octanol–water partition coefficient (Wildman–Crippen LogP) is 4.93. The maximum Gasteiger partial charge on any atom is 0.229 e. The number of nitrogens with zero attached hydrogens (tertiary/aromatic N) is 3. The van der Waals surface area contributed by atoms with Crippen molar-refractivity contribution in [2.45, 2.75) is 13.3 Å². The number of carbonyl (C=O) groups excluding carboxylic acids is 1. The number of ether oxygens (including phenoxy) is 1. The average molecular weight is 437 g/mol. The molecule has 0 aliphatic carbocycles. The minimum atomic E-state index is -0.325. The maximum absolute atomic E-state index is 13.0. The number of hydrogen-bond donors (Lipinski definition) is 1. The van der Waals surface area contributed by atoms with E-state index in [-0.39, 0.29) is 18.1 Å². The van der Waals surface area contributed by atoms with E-state index in [1.54, 1.807) is 29.9 Å². The molecular formula is C23H21FN4O2S. The summed E-state index contributed by atoms with van der Waals surface area (Å²) < 4.78 is 20.1. The van der Waals surface area contributed by atoms with Gasteiger partial charge in [0.1, 0.15) is 28.1 Å². The molecule has 0 saturated heterocycles. The summed E-state index contributed by atoms with van der Waals surface area (Å²) in [5, 5.41) is 10.1. The number of carbonyl (C=O) groups is 1. The maximum atomic E-state index is 13.0. The van der Waals surface area contributed by atoms with Gasteiger partial charge in [0.25, 0.3) is 0 Å². The summed E-state index contributed by atoms with van der Waals surface area (Å²) in [6, 6.07) is 15.5. The summed E-state index contributed by atoms with van der Waals surface area (Å²) in [6.07, 6.45) is 0.153. The van der Waals surface area contributed by atoms with Crippen molar-refractivity contribution < 1.29 is 13.9 Å². The third kappa shape index (κ3) is 4.97. The first kappa shape index (κ1) is 20.7. The van der Waals surface area contributed by atoms with Crippen LogP contribution in [0.1, 0.15) is 12.5 Å². The number of rotatable bonds is 7. The first-order valence-corrected chi connectivity index (χ1v) is 10.7. The molecular weight excluding hydrogens is 415 g/mol. The molecule has 2 heterocycles. The molecule has 0 bridgehead atoms. The minimum Gasteiger partial charge on any atom is -0.494 e. The lowest BCUT2D eigenvalue weighted by atomic mass is 10.1. The summed E-state index contributed by atoms with van der Waals surface area (Å²) in [6.45, 7) is 2.58.